The second-order valence-corrected chi connectivity index (χ2v) is 4.52. The predicted octanol–water partition coefficient (Wildman–Crippen LogP) is 0.686. The summed E-state index contributed by atoms with van der Waals surface area (Å²) in [7, 11) is 1.76. The molecule has 1 aromatic rings. The number of carbonyl (C=O) groups is 2. The fraction of sp³-hybridized carbons (Fsp3) is 0.273. The normalized spacial score (nSPS) is 14.5. The van der Waals surface area contributed by atoms with E-state index in [2.05, 4.69) is 5.32 Å². The van der Waals surface area contributed by atoms with Crippen LogP contribution < -0.4 is 10.2 Å². The average Bonchev–Trinajstić information content (AvgIpc) is 2.37. The van der Waals surface area contributed by atoms with Gasteiger partial charge in [-0.15, -0.1) is 11.8 Å². The molecule has 0 fully saturated rings. The Kier molecular flexibility index (Phi) is 3.35. The van der Waals surface area contributed by atoms with E-state index in [1.165, 1.54) is 11.8 Å². The fourth-order valence-corrected chi connectivity index (χ4v) is 2.52. The summed E-state index contributed by atoms with van der Waals surface area (Å²) >= 11 is 1.39. The van der Waals surface area contributed by atoms with Crippen LogP contribution in [-0.4, -0.2) is 36.3 Å². The number of imide groups is 1. The third-order valence-electron chi connectivity index (χ3n) is 2.47. The lowest BCUT2D eigenvalue weighted by atomic mass is 10.2. The molecule has 0 aromatic heterocycles. The molecule has 1 aliphatic rings. The highest BCUT2D eigenvalue weighted by Crippen LogP contribution is 2.37. The summed E-state index contributed by atoms with van der Waals surface area (Å²) in [5.74, 6) is -0.669. The van der Waals surface area contributed by atoms with Crippen LogP contribution in [-0.2, 0) is 9.59 Å². The number of aliphatic hydroxyl groups is 1. The van der Waals surface area contributed by atoms with Crippen molar-refractivity contribution in [2.24, 2.45) is 0 Å². The molecule has 0 saturated carbocycles. The smallest absolute Gasteiger partial charge is 0.259 e. The second-order valence-electron chi connectivity index (χ2n) is 3.50. The van der Waals surface area contributed by atoms with Gasteiger partial charge >= 0.3 is 0 Å². The molecule has 0 unspecified atom stereocenters. The van der Waals surface area contributed by atoms with E-state index >= 15 is 0 Å². The van der Waals surface area contributed by atoms with Crippen LogP contribution in [0.15, 0.2) is 23.1 Å². The molecule has 1 aromatic carbocycles. The quantitative estimate of drug-likeness (QED) is 0.810. The summed E-state index contributed by atoms with van der Waals surface area (Å²) in [6.45, 7) is -0.667. The summed E-state index contributed by atoms with van der Waals surface area (Å²) in [6, 6.07) is 5.46. The highest BCUT2D eigenvalue weighted by atomic mass is 32.2. The molecular weight excluding hydrogens is 240 g/mol. The number of nitrogens with zero attached hydrogens (tertiary/aromatic N) is 1. The summed E-state index contributed by atoms with van der Waals surface area (Å²) in [5, 5.41) is 11.8. The van der Waals surface area contributed by atoms with Gasteiger partial charge in [-0.05, 0) is 18.2 Å². The van der Waals surface area contributed by atoms with Crippen LogP contribution in [0.5, 0.6) is 0 Å². The third kappa shape index (κ3) is 2.13. The zero-order valence-electron chi connectivity index (χ0n) is 9.27. The number of hydrogen-bond donors (Lipinski definition) is 2. The molecule has 0 saturated heterocycles. The molecule has 90 valence electrons. The molecule has 2 rings (SSSR count). The summed E-state index contributed by atoms with van der Waals surface area (Å²) in [4.78, 5) is 25.2. The van der Waals surface area contributed by atoms with Crippen molar-refractivity contribution in [2.45, 2.75) is 4.90 Å². The maximum Gasteiger partial charge on any atom is 0.259 e. The highest BCUT2D eigenvalue weighted by Gasteiger charge is 2.29. The van der Waals surface area contributed by atoms with Gasteiger partial charge in [0.25, 0.3) is 5.91 Å². The zero-order valence-corrected chi connectivity index (χ0v) is 10.1. The van der Waals surface area contributed by atoms with E-state index in [9.17, 15) is 9.59 Å². The Morgan fingerprint density at radius 1 is 1.59 bits per heavy atom. The monoisotopic (exact) mass is 252 g/mol. The molecule has 5 nitrogen and oxygen atoms in total. The first kappa shape index (κ1) is 11.9. The maximum absolute atomic E-state index is 11.7. The van der Waals surface area contributed by atoms with Crippen molar-refractivity contribution < 1.29 is 14.7 Å². The minimum absolute atomic E-state index is 0.220. The molecule has 0 bridgehead atoms. The number of benzene rings is 1. The molecule has 0 atom stereocenters. The van der Waals surface area contributed by atoms with Crippen LogP contribution in [0.3, 0.4) is 0 Å². The van der Waals surface area contributed by atoms with Crippen molar-refractivity contribution in [3.8, 4) is 0 Å². The molecule has 0 aliphatic carbocycles. The first-order valence-electron chi connectivity index (χ1n) is 5.08. The Morgan fingerprint density at radius 2 is 2.35 bits per heavy atom. The molecule has 17 heavy (non-hydrogen) atoms. The van der Waals surface area contributed by atoms with Gasteiger partial charge in [-0.1, -0.05) is 0 Å². The molecule has 1 aliphatic heterocycles. The van der Waals surface area contributed by atoms with Crippen LogP contribution in [0.1, 0.15) is 0 Å². The lowest BCUT2D eigenvalue weighted by Crippen LogP contribution is -2.42. The van der Waals surface area contributed by atoms with Gasteiger partial charge in [-0.25, -0.2) is 4.90 Å². The SMILES string of the molecule is CNc1ccc2c(c1)N(C(=O)CO)C(=O)CS2. The fourth-order valence-electron chi connectivity index (χ4n) is 1.65. The second kappa shape index (κ2) is 4.77. The lowest BCUT2D eigenvalue weighted by molar-refractivity contribution is -0.127. The van der Waals surface area contributed by atoms with Gasteiger partial charge in [-0.2, -0.15) is 0 Å². The number of aliphatic hydroxyl groups excluding tert-OH is 1. The van der Waals surface area contributed by atoms with Crippen molar-refractivity contribution in [3.05, 3.63) is 18.2 Å². The number of fused-ring (bicyclic) bond motifs is 1. The Balaban J connectivity index is 2.48. The van der Waals surface area contributed by atoms with E-state index < -0.39 is 12.5 Å². The summed E-state index contributed by atoms with van der Waals surface area (Å²) in [6.07, 6.45) is 0. The van der Waals surface area contributed by atoms with Crippen molar-refractivity contribution in [3.63, 3.8) is 0 Å². The van der Waals surface area contributed by atoms with Crippen molar-refractivity contribution in [2.75, 3.05) is 29.6 Å². The highest BCUT2D eigenvalue weighted by molar-refractivity contribution is 8.00. The average molecular weight is 252 g/mol. The van der Waals surface area contributed by atoms with Gasteiger partial charge in [-0.3, -0.25) is 9.59 Å². The van der Waals surface area contributed by atoms with Gasteiger partial charge in [0.1, 0.15) is 6.61 Å². The van der Waals surface area contributed by atoms with E-state index in [1.54, 1.807) is 13.1 Å². The van der Waals surface area contributed by atoms with Crippen molar-refractivity contribution in [1.29, 1.82) is 0 Å². The molecule has 0 spiro atoms. The van der Waals surface area contributed by atoms with Crippen molar-refractivity contribution >= 4 is 35.0 Å². The molecule has 0 radical (unpaired) electrons. The largest absolute Gasteiger partial charge is 0.388 e. The van der Waals surface area contributed by atoms with Crippen molar-refractivity contribution in [1.82, 2.24) is 0 Å². The first-order valence-corrected chi connectivity index (χ1v) is 6.07. The van der Waals surface area contributed by atoms with E-state index in [0.717, 1.165) is 15.5 Å². The molecule has 2 amide bonds. The van der Waals surface area contributed by atoms with Gasteiger partial charge in [0.15, 0.2) is 0 Å². The summed E-state index contributed by atoms with van der Waals surface area (Å²) in [5.41, 5.74) is 1.35. The number of hydrogen-bond acceptors (Lipinski definition) is 5. The first-order chi connectivity index (χ1) is 8.17. The molecule has 6 heteroatoms. The van der Waals surface area contributed by atoms with Crippen LogP contribution in [0.25, 0.3) is 0 Å². The van der Waals surface area contributed by atoms with E-state index in [1.807, 2.05) is 12.1 Å². The van der Waals surface area contributed by atoms with E-state index in [-0.39, 0.29) is 11.7 Å². The zero-order chi connectivity index (χ0) is 12.4. The van der Waals surface area contributed by atoms with E-state index in [0.29, 0.717) is 5.69 Å². The van der Waals surface area contributed by atoms with Crippen LogP contribution in [0, 0.1) is 0 Å². The molecule has 2 N–H and O–H groups in total. The maximum atomic E-state index is 11.7. The number of rotatable bonds is 2. The third-order valence-corrected chi connectivity index (χ3v) is 3.52. The Bertz CT molecular complexity index is 476. The minimum atomic E-state index is -0.667. The number of thioether (sulfide) groups is 1. The number of amides is 2. The van der Waals surface area contributed by atoms with Gasteiger partial charge < -0.3 is 10.4 Å². The van der Waals surface area contributed by atoms with Gasteiger partial charge in [0.2, 0.25) is 5.91 Å². The molecule has 1 heterocycles. The summed E-state index contributed by atoms with van der Waals surface area (Å²) < 4.78 is 0. The minimum Gasteiger partial charge on any atom is -0.388 e. The van der Waals surface area contributed by atoms with E-state index in [4.69, 9.17) is 5.11 Å². The topological polar surface area (TPSA) is 69.6 Å². The predicted molar refractivity (Wildman–Crippen MR) is 66.3 cm³/mol. The van der Waals surface area contributed by atoms with Crippen LogP contribution >= 0.6 is 11.8 Å². The van der Waals surface area contributed by atoms with Crippen LogP contribution in [0.4, 0.5) is 11.4 Å². The lowest BCUT2D eigenvalue weighted by Gasteiger charge is -2.27. The molecular formula is C11H12N2O3S. The van der Waals surface area contributed by atoms with Crippen LogP contribution in [0.2, 0.25) is 0 Å². The number of carbonyl (C=O) groups excluding carboxylic acids is 2. The van der Waals surface area contributed by atoms with Gasteiger partial charge in [0, 0.05) is 17.6 Å². The standard InChI is InChI=1S/C11H12N2O3S/c1-12-7-2-3-9-8(4-7)13(10(15)5-14)11(16)6-17-9/h2-4,12,14H,5-6H2,1H3. The number of nitrogens with one attached hydrogen (secondary N) is 1. The Morgan fingerprint density at radius 3 is 3.00 bits per heavy atom. The Labute approximate surface area is 103 Å². The Hall–Kier alpha value is -1.53. The van der Waals surface area contributed by atoms with Gasteiger partial charge in [0.05, 0.1) is 11.4 Å². The number of anilines is 2.